The quantitative estimate of drug-likeness (QED) is 0.826. The first-order valence-corrected chi connectivity index (χ1v) is 8.01. The maximum atomic E-state index is 3.80. The summed E-state index contributed by atoms with van der Waals surface area (Å²) in [4.78, 5) is 2.87. The fraction of sp³-hybridized carbons (Fsp3) is 1.00. The Balaban J connectivity index is 2.15. The van der Waals surface area contributed by atoms with Crippen LogP contribution in [0.15, 0.2) is 0 Å². The summed E-state index contributed by atoms with van der Waals surface area (Å²) in [5.41, 5.74) is 0.757. The van der Waals surface area contributed by atoms with Gasteiger partial charge in [0.1, 0.15) is 0 Å². The SMILES string of the molecule is CCCC(C)N1CC(C)(C)NCC12CCCCC2. The molecular formula is C16H32N2. The molecule has 2 heteroatoms. The highest BCUT2D eigenvalue weighted by Gasteiger charge is 2.45. The average Bonchev–Trinajstić information content (AvgIpc) is 2.34. The predicted molar refractivity (Wildman–Crippen MR) is 79.0 cm³/mol. The van der Waals surface area contributed by atoms with E-state index in [9.17, 15) is 0 Å². The van der Waals surface area contributed by atoms with Crippen LogP contribution in [0.2, 0.25) is 0 Å². The van der Waals surface area contributed by atoms with Gasteiger partial charge < -0.3 is 5.32 Å². The highest BCUT2D eigenvalue weighted by Crippen LogP contribution is 2.38. The first-order valence-electron chi connectivity index (χ1n) is 8.01. The molecule has 1 spiro atoms. The fourth-order valence-corrected chi connectivity index (χ4v) is 4.03. The molecule has 1 N–H and O–H groups in total. The minimum atomic E-state index is 0.282. The fourth-order valence-electron chi connectivity index (χ4n) is 4.03. The van der Waals surface area contributed by atoms with Crippen molar-refractivity contribution in [2.24, 2.45) is 0 Å². The van der Waals surface area contributed by atoms with Gasteiger partial charge in [-0.1, -0.05) is 32.6 Å². The standard InChI is InChI=1S/C16H32N2/c1-5-9-14(2)18-13-15(3,4)17-12-16(18)10-7-6-8-11-16/h14,17H,5-13H2,1-4H3. The summed E-state index contributed by atoms with van der Waals surface area (Å²) in [6, 6.07) is 0.745. The zero-order chi connectivity index (χ0) is 13.2. The average molecular weight is 252 g/mol. The van der Waals surface area contributed by atoms with Gasteiger partial charge in [-0.3, -0.25) is 4.90 Å². The third-order valence-corrected chi connectivity index (χ3v) is 5.09. The lowest BCUT2D eigenvalue weighted by Gasteiger charge is -2.57. The van der Waals surface area contributed by atoms with E-state index in [0.717, 1.165) is 6.04 Å². The molecule has 0 bridgehead atoms. The van der Waals surface area contributed by atoms with E-state index in [0.29, 0.717) is 5.54 Å². The van der Waals surface area contributed by atoms with Gasteiger partial charge in [0.2, 0.25) is 0 Å². The molecule has 1 aliphatic carbocycles. The first kappa shape index (κ1) is 14.3. The molecule has 1 aliphatic heterocycles. The van der Waals surface area contributed by atoms with Crippen molar-refractivity contribution in [1.82, 2.24) is 10.2 Å². The summed E-state index contributed by atoms with van der Waals surface area (Å²) < 4.78 is 0. The molecule has 1 saturated carbocycles. The maximum absolute atomic E-state index is 3.80. The van der Waals surface area contributed by atoms with Gasteiger partial charge in [-0.05, 0) is 40.0 Å². The van der Waals surface area contributed by atoms with Crippen molar-refractivity contribution in [3.63, 3.8) is 0 Å². The Morgan fingerprint density at radius 3 is 2.44 bits per heavy atom. The van der Waals surface area contributed by atoms with E-state index in [-0.39, 0.29) is 5.54 Å². The first-order chi connectivity index (χ1) is 8.49. The molecule has 2 aliphatic rings. The molecule has 1 heterocycles. The highest BCUT2D eigenvalue weighted by atomic mass is 15.3. The summed E-state index contributed by atoms with van der Waals surface area (Å²) in [6.07, 6.45) is 9.77. The number of piperazine rings is 1. The van der Waals surface area contributed by atoms with E-state index in [1.165, 1.54) is 58.0 Å². The molecule has 0 aromatic heterocycles. The lowest BCUT2D eigenvalue weighted by molar-refractivity contribution is -0.0376. The zero-order valence-electron chi connectivity index (χ0n) is 12.9. The summed E-state index contributed by atoms with van der Waals surface area (Å²) >= 11 is 0. The Kier molecular flexibility index (Phi) is 4.38. The molecule has 0 amide bonds. The summed E-state index contributed by atoms with van der Waals surface area (Å²) in [6.45, 7) is 11.9. The molecule has 0 aromatic rings. The second-order valence-corrected chi connectivity index (χ2v) is 7.29. The van der Waals surface area contributed by atoms with E-state index in [2.05, 4.69) is 37.9 Å². The monoisotopic (exact) mass is 252 g/mol. The van der Waals surface area contributed by atoms with Crippen molar-refractivity contribution in [2.75, 3.05) is 13.1 Å². The Bertz CT molecular complexity index is 266. The van der Waals surface area contributed by atoms with E-state index in [1.54, 1.807) is 0 Å². The van der Waals surface area contributed by atoms with Crippen LogP contribution in [0.25, 0.3) is 0 Å². The lowest BCUT2D eigenvalue weighted by atomic mass is 9.76. The molecule has 106 valence electrons. The molecule has 1 atom stereocenters. The van der Waals surface area contributed by atoms with Crippen LogP contribution in [0.1, 0.15) is 72.6 Å². The number of hydrogen-bond donors (Lipinski definition) is 1. The Morgan fingerprint density at radius 2 is 1.83 bits per heavy atom. The summed E-state index contributed by atoms with van der Waals surface area (Å²) in [5.74, 6) is 0. The van der Waals surface area contributed by atoms with Crippen LogP contribution in [0.3, 0.4) is 0 Å². The lowest BCUT2D eigenvalue weighted by Crippen LogP contribution is -2.70. The normalized spacial score (nSPS) is 29.3. The van der Waals surface area contributed by atoms with Gasteiger partial charge in [-0.25, -0.2) is 0 Å². The third-order valence-electron chi connectivity index (χ3n) is 5.09. The van der Waals surface area contributed by atoms with Gasteiger partial charge in [-0.2, -0.15) is 0 Å². The van der Waals surface area contributed by atoms with Crippen LogP contribution in [0.5, 0.6) is 0 Å². The Morgan fingerprint density at radius 1 is 1.17 bits per heavy atom. The smallest absolute Gasteiger partial charge is 0.0337 e. The Labute approximate surface area is 114 Å². The molecule has 2 rings (SSSR count). The number of nitrogens with one attached hydrogen (secondary N) is 1. The zero-order valence-corrected chi connectivity index (χ0v) is 12.9. The van der Waals surface area contributed by atoms with E-state index in [4.69, 9.17) is 0 Å². The van der Waals surface area contributed by atoms with E-state index in [1.807, 2.05) is 0 Å². The minimum absolute atomic E-state index is 0.282. The highest BCUT2D eigenvalue weighted by molar-refractivity contribution is 5.04. The third kappa shape index (κ3) is 2.91. The van der Waals surface area contributed by atoms with Crippen LogP contribution in [-0.2, 0) is 0 Å². The van der Waals surface area contributed by atoms with Crippen LogP contribution < -0.4 is 5.32 Å². The van der Waals surface area contributed by atoms with Gasteiger partial charge in [0.05, 0.1) is 0 Å². The largest absolute Gasteiger partial charge is 0.309 e. The van der Waals surface area contributed by atoms with E-state index < -0.39 is 0 Å². The molecule has 1 saturated heterocycles. The molecule has 0 radical (unpaired) electrons. The van der Waals surface area contributed by atoms with Gasteiger partial charge in [0.15, 0.2) is 0 Å². The van der Waals surface area contributed by atoms with Gasteiger partial charge in [-0.15, -0.1) is 0 Å². The summed E-state index contributed by atoms with van der Waals surface area (Å²) in [7, 11) is 0. The van der Waals surface area contributed by atoms with Crippen LogP contribution in [0.4, 0.5) is 0 Å². The molecular weight excluding hydrogens is 220 g/mol. The molecule has 2 nitrogen and oxygen atoms in total. The topological polar surface area (TPSA) is 15.3 Å². The van der Waals surface area contributed by atoms with E-state index >= 15 is 0 Å². The number of nitrogens with zero attached hydrogens (tertiary/aromatic N) is 1. The minimum Gasteiger partial charge on any atom is -0.309 e. The molecule has 18 heavy (non-hydrogen) atoms. The van der Waals surface area contributed by atoms with Crippen LogP contribution in [0, 0.1) is 0 Å². The summed E-state index contributed by atoms with van der Waals surface area (Å²) in [5, 5.41) is 3.80. The van der Waals surface area contributed by atoms with Gasteiger partial charge in [0.25, 0.3) is 0 Å². The predicted octanol–water partition coefficient (Wildman–Crippen LogP) is 3.56. The Hall–Kier alpha value is -0.0800. The van der Waals surface area contributed by atoms with Crippen molar-refractivity contribution < 1.29 is 0 Å². The number of hydrogen-bond acceptors (Lipinski definition) is 2. The second-order valence-electron chi connectivity index (χ2n) is 7.29. The van der Waals surface area contributed by atoms with Gasteiger partial charge in [0, 0.05) is 30.2 Å². The van der Waals surface area contributed by atoms with Crippen molar-refractivity contribution in [2.45, 2.75) is 89.8 Å². The van der Waals surface area contributed by atoms with Crippen molar-refractivity contribution >= 4 is 0 Å². The molecule has 1 unspecified atom stereocenters. The second kappa shape index (κ2) is 5.50. The van der Waals surface area contributed by atoms with Crippen molar-refractivity contribution in [3.05, 3.63) is 0 Å². The van der Waals surface area contributed by atoms with Crippen LogP contribution >= 0.6 is 0 Å². The van der Waals surface area contributed by atoms with Crippen molar-refractivity contribution in [3.8, 4) is 0 Å². The maximum Gasteiger partial charge on any atom is 0.0337 e. The molecule has 2 fully saturated rings. The van der Waals surface area contributed by atoms with Gasteiger partial charge >= 0.3 is 0 Å². The molecule has 0 aromatic carbocycles. The van der Waals surface area contributed by atoms with Crippen molar-refractivity contribution in [1.29, 1.82) is 0 Å². The number of rotatable bonds is 3. The van der Waals surface area contributed by atoms with Crippen LogP contribution in [-0.4, -0.2) is 35.1 Å².